The van der Waals surface area contributed by atoms with Gasteiger partial charge in [-0.2, -0.15) is 13.2 Å². The van der Waals surface area contributed by atoms with Crippen LogP contribution in [0.3, 0.4) is 0 Å². The predicted octanol–water partition coefficient (Wildman–Crippen LogP) is 2.38. The molecular formula is C12H15F3O2. The van der Waals surface area contributed by atoms with Crippen molar-refractivity contribution in [3.8, 4) is 0 Å². The zero-order valence-corrected chi connectivity index (χ0v) is 9.24. The molecule has 1 rings (SSSR count). The smallest absolute Gasteiger partial charge is 0.396 e. The minimum absolute atomic E-state index is 0.0281. The van der Waals surface area contributed by atoms with E-state index in [4.69, 9.17) is 5.11 Å². The van der Waals surface area contributed by atoms with Gasteiger partial charge in [0.05, 0.1) is 11.7 Å². The second kappa shape index (κ2) is 6.02. The third kappa shape index (κ3) is 4.75. The molecule has 0 aromatic heterocycles. The normalized spacial score (nSPS) is 13.7. The number of alkyl halides is 3. The topological polar surface area (TPSA) is 40.5 Å². The monoisotopic (exact) mass is 248 g/mol. The van der Waals surface area contributed by atoms with E-state index in [1.165, 1.54) is 6.07 Å². The van der Waals surface area contributed by atoms with Crippen molar-refractivity contribution in [2.75, 3.05) is 6.61 Å². The lowest BCUT2D eigenvalue weighted by Crippen LogP contribution is -2.12. The predicted molar refractivity (Wildman–Crippen MR) is 57.5 cm³/mol. The van der Waals surface area contributed by atoms with E-state index in [0.29, 0.717) is 18.4 Å². The minimum atomic E-state index is -4.36. The summed E-state index contributed by atoms with van der Waals surface area (Å²) in [6.45, 7) is -0.0281. The second-order valence-corrected chi connectivity index (χ2v) is 3.92. The number of benzene rings is 1. The Hall–Kier alpha value is -1.07. The van der Waals surface area contributed by atoms with Crippen molar-refractivity contribution in [2.24, 2.45) is 0 Å². The highest BCUT2D eigenvalue weighted by Gasteiger charge is 2.30. The number of hydrogen-bond acceptors (Lipinski definition) is 2. The number of rotatable bonds is 5. The number of hydrogen-bond donors (Lipinski definition) is 2. The van der Waals surface area contributed by atoms with Gasteiger partial charge in [-0.25, -0.2) is 0 Å². The van der Waals surface area contributed by atoms with Gasteiger partial charge in [0.15, 0.2) is 0 Å². The Kier molecular flexibility index (Phi) is 4.96. The summed E-state index contributed by atoms with van der Waals surface area (Å²) in [4.78, 5) is 0. The molecule has 0 bridgehead atoms. The number of halogens is 3. The lowest BCUT2D eigenvalue weighted by Gasteiger charge is -2.12. The third-order valence-corrected chi connectivity index (χ3v) is 2.42. The summed E-state index contributed by atoms with van der Waals surface area (Å²) in [7, 11) is 0. The van der Waals surface area contributed by atoms with Crippen molar-refractivity contribution in [1.29, 1.82) is 0 Å². The summed E-state index contributed by atoms with van der Waals surface area (Å²) in [6, 6.07) is 4.93. The Labute approximate surface area is 97.7 Å². The van der Waals surface area contributed by atoms with Gasteiger partial charge in [-0.05, 0) is 30.9 Å². The molecule has 0 heterocycles. The van der Waals surface area contributed by atoms with Gasteiger partial charge >= 0.3 is 6.18 Å². The van der Waals surface area contributed by atoms with Crippen LogP contribution < -0.4 is 0 Å². The fourth-order valence-electron chi connectivity index (χ4n) is 1.58. The van der Waals surface area contributed by atoms with Crippen molar-refractivity contribution in [1.82, 2.24) is 0 Å². The van der Waals surface area contributed by atoms with Crippen molar-refractivity contribution < 1.29 is 23.4 Å². The summed E-state index contributed by atoms with van der Waals surface area (Å²) in [5.74, 6) is 0. The fourth-order valence-corrected chi connectivity index (χ4v) is 1.58. The summed E-state index contributed by atoms with van der Waals surface area (Å²) in [5, 5.41) is 18.1. The largest absolute Gasteiger partial charge is 0.416 e. The first-order valence-electron chi connectivity index (χ1n) is 5.38. The van der Waals surface area contributed by atoms with E-state index in [9.17, 15) is 18.3 Å². The van der Waals surface area contributed by atoms with E-state index < -0.39 is 17.8 Å². The summed E-state index contributed by atoms with van der Waals surface area (Å²) < 4.78 is 37.2. The molecule has 0 saturated carbocycles. The van der Waals surface area contributed by atoms with Gasteiger partial charge in [0, 0.05) is 6.61 Å². The first-order chi connectivity index (χ1) is 7.93. The molecule has 0 fully saturated rings. The van der Waals surface area contributed by atoms with Gasteiger partial charge < -0.3 is 10.2 Å². The highest BCUT2D eigenvalue weighted by molar-refractivity contribution is 5.26. The Morgan fingerprint density at radius 3 is 2.53 bits per heavy atom. The molecule has 2 nitrogen and oxygen atoms in total. The van der Waals surface area contributed by atoms with E-state index in [2.05, 4.69) is 0 Å². The molecule has 5 heteroatoms. The molecule has 1 unspecified atom stereocenters. The molecule has 0 radical (unpaired) electrons. The highest BCUT2D eigenvalue weighted by Crippen LogP contribution is 2.29. The number of aliphatic hydroxyl groups is 2. The maximum Gasteiger partial charge on any atom is 0.416 e. The average molecular weight is 248 g/mol. The van der Waals surface area contributed by atoms with Crippen LogP contribution in [-0.4, -0.2) is 22.9 Å². The molecule has 96 valence electrons. The second-order valence-electron chi connectivity index (χ2n) is 3.92. The maximum atomic E-state index is 12.4. The standard InChI is InChI=1S/C12H15F3O2/c13-12(14,15)10-4-1-3-9(7-10)8-11(17)5-2-6-16/h1,3-4,7,11,16-17H,2,5-6,8H2. The first-order valence-corrected chi connectivity index (χ1v) is 5.38. The van der Waals surface area contributed by atoms with E-state index in [-0.39, 0.29) is 13.0 Å². The fraction of sp³-hybridized carbons (Fsp3) is 0.500. The van der Waals surface area contributed by atoms with E-state index in [1.54, 1.807) is 6.07 Å². The highest BCUT2D eigenvalue weighted by atomic mass is 19.4. The molecule has 0 amide bonds. The lowest BCUT2D eigenvalue weighted by atomic mass is 10.0. The van der Waals surface area contributed by atoms with Gasteiger partial charge in [0.25, 0.3) is 0 Å². The van der Waals surface area contributed by atoms with Crippen LogP contribution in [0, 0.1) is 0 Å². The first kappa shape index (κ1) is 14.0. The molecule has 0 spiro atoms. The molecule has 0 aliphatic heterocycles. The molecule has 1 aromatic carbocycles. The van der Waals surface area contributed by atoms with Crippen molar-refractivity contribution in [2.45, 2.75) is 31.5 Å². The van der Waals surface area contributed by atoms with Crippen LogP contribution in [0.5, 0.6) is 0 Å². The maximum absolute atomic E-state index is 12.4. The van der Waals surface area contributed by atoms with Crippen LogP contribution in [0.2, 0.25) is 0 Å². The number of aliphatic hydroxyl groups excluding tert-OH is 2. The Bertz CT molecular complexity index is 350. The summed E-state index contributed by atoms with van der Waals surface area (Å²) >= 11 is 0. The molecule has 2 N–H and O–H groups in total. The van der Waals surface area contributed by atoms with Crippen LogP contribution in [0.4, 0.5) is 13.2 Å². The zero-order valence-electron chi connectivity index (χ0n) is 9.24. The summed E-state index contributed by atoms with van der Waals surface area (Å²) in [6.07, 6.45) is -4.08. The van der Waals surface area contributed by atoms with Gasteiger partial charge in [0.2, 0.25) is 0 Å². The molecular weight excluding hydrogens is 233 g/mol. The average Bonchev–Trinajstić information content (AvgIpc) is 2.25. The van der Waals surface area contributed by atoms with Crippen molar-refractivity contribution >= 4 is 0 Å². The molecule has 1 aromatic rings. The third-order valence-electron chi connectivity index (χ3n) is 2.42. The van der Waals surface area contributed by atoms with E-state index in [1.807, 2.05) is 0 Å². The minimum Gasteiger partial charge on any atom is -0.396 e. The van der Waals surface area contributed by atoms with Crippen LogP contribution in [0.15, 0.2) is 24.3 Å². The van der Waals surface area contributed by atoms with Gasteiger partial charge in [0.1, 0.15) is 0 Å². The molecule has 1 atom stereocenters. The van der Waals surface area contributed by atoms with Crippen LogP contribution in [0.25, 0.3) is 0 Å². The van der Waals surface area contributed by atoms with Gasteiger partial charge in [-0.15, -0.1) is 0 Å². The van der Waals surface area contributed by atoms with Gasteiger partial charge in [-0.3, -0.25) is 0 Å². The van der Waals surface area contributed by atoms with Crippen LogP contribution in [0.1, 0.15) is 24.0 Å². The van der Waals surface area contributed by atoms with Crippen LogP contribution >= 0.6 is 0 Å². The SMILES string of the molecule is OCCCC(O)Cc1cccc(C(F)(F)F)c1. The Morgan fingerprint density at radius 1 is 1.24 bits per heavy atom. The molecule has 0 saturated heterocycles. The zero-order chi connectivity index (χ0) is 12.9. The molecule has 0 aliphatic rings. The van der Waals surface area contributed by atoms with Gasteiger partial charge in [-0.1, -0.05) is 18.2 Å². The molecule has 17 heavy (non-hydrogen) atoms. The van der Waals surface area contributed by atoms with E-state index >= 15 is 0 Å². The molecule has 0 aliphatic carbocycles. The lowest BCUT2D eigenvalue weighted by molar-refractivity contribution is -0.137. The van der Waals surface area contributed by atoms with Crippen molar-refractivity contribution in [3.63, 3.8) is 0 Å². The van der Waals surface area contributed by atoms with E-state index in [0.717, 1.165) is 12.1 Å². The van der Waals surface area contributed by atoms with Crippen LogP contribution in [-0.2, 0) is 12.6 Å². The Balaban J connectivity index is 2.66. The van der Waals surface area contributed by atoms with Crippen molar-refractivity contribution in [3.05, 3.63) is 35.4 Å². The Morgan fingerprint density at radius 2 is 1.94 bits per heavy atom. The summed E-state index contributed by atoms with van der Waals surface area (Å²) in [5.41, 5.74) is -0.255. The quantitative estimate of drug-likeness (QED) is 0.840.